The van der Waals surface area contributed by atoms with Crippen LogP contribution in [0.25, 0.3) is 0 Å². The lowest BCUT2D eigenvalue weighted by Gasteiger charge is -2.13. The molecular weight excluding hydrogens is 398 g/mol. The first kappa shape index (κ1) is 20.5. The fourth-order valence-electron chi connectivity index (χ4n) is 3.16. The van der Waals surface area contributed by atoms with E-state index in [4.69, 9.17) is 11.6 Å². The van der Waals surface area contributed by atoms with Crippen molar-refractivity contribution >= 4 is 40.7 Å². The van der Waals surface area contributed by atoms with Gasteiger partial charge in [-0.25, -0.2) is 0 Å². The molecule has 0 radical (unpaired) electrons. The molecule has 29 heavy (non-hydrogen) atoms. The highest BCUT2D eigenvalue weighted by molar-refractivity contribution is 6.30. The summed E-state index contributed by atoms with van der Waals surface area (Å²) in [5, 5.41) is 14.5. The van der Waals surface area contributed by atoms with Crippen molar-refractivity contribution in [3.63, 3.8) is 0 Å². The Kier molecular flexibility index (Phi) is 6.23. The zero-order valence-electron chi connectivity index (χ0n) is 15.4. The van der Waals surface area contributed by atoms with Gasteiger partial charge in [0, 0.05) is 29.7 Å². The molecule has 0 saturated heterocycles. The first-order chi connectivity index (χ1) is 13.9. The summed E-state index contributed by atoms with van der Waals surface area (Å²) >= 11 is 5.80. The Morgan fingerprint density at radius 2 is 1.76 bits per heavy atom. The predicted octanol–water partition coefficient (Wildman–Crippen LogP) is 4.04. The predicted molar refractivity (Wildman–Crippen MR) is 107 cm³/mol. The van der Waals surface area contributed by atoms with Crippen LogP contribution < -0.4 is 5.32 Å². The molecule has 0 fully saturated rings. The molecule has 3 amide bonds. The van der Waals surface area contributed by atoms with Crippen molar-refractivity contribution < 1.29 is 19.3 Å². The number of nitro benzene ring substituents is 1. The van der Waals surface area contributed by atoms with Crippen LogP contribution in [0.3, 0.4) is 0 Å². The second-order valence-electron chi connectivity index (χ2n) is 6.58. The van der Waals surface area contributed by atoms with Crippen molar-refractivity contribution in [2.45, 2.75) is 25.7 Å². The summed E-state index contributed by atoms with van der Waals surface area (Å²) in [5.41, 5.74) is 0.214. The first-order valence-corrected chi connectivity index (χ1v) is 9.45. The second-order valence-corrected chi connectivity index (χ2v) is 7.02. The number of fused-ring (bicyclic) bond motifs is 1. The van der Waals surface area contributed by atoms with Gasteiger partial charge >= 0.3 is 0 Å². The Morgan fingerprint density at radius 1 is 1.03 bits per heavy atom. The van der Waals surface area contributed by atoms with E-state index in [1.165, 1.54) is 18.2 Å². The van der Waals surface area contributed by atoms with Gasteiger partial charge in [-0.05, 0) is 43.2 Å². The molecule has 1 N–H and O–H groups in total. The van der Waals surface area contributed by atoms with Gasteiger partial charge in [0.25, 0.3) is 17.5 Å². The van der Waals surface area contributed by atoms with Crippen LogP contribution in [0.2, 0.25) is 5.02 Å². The minimum absolute atomic E-state index is 0.0616. The molecule has 9 heteroatoms. The molecule has 0 aliphatic carbocycles. The minimum atomic E-state index is -0.660. The number of nitrogens with one attached hydrogen (secondary N) is 1. The van der Waals surface area contributed by atoms with E-state index in [2.05, 4.69) is 5.32 Å². The lowest BCUT2D eigenvalue weighted by Crippen LogP contribution is -2.30. The molecule has 1 heterocycles. The maximum absolute atomic E-state index is 12.5. The summed E-state index contributed by atoms with van der Waals surface area (Å²) in [6.45, 7) is 0.155. The Bertz CT molecular complexity index is 975. The Balaban J connectivity index is 1.46. The van der Waals surface area contributed by atoms with E-state index in [1.807, 2.05) is 0 Å². The molecule has 0 bridgehead atoms. The Hall–Kier alpha value is -3.26. The molecule has 1 aliphatic rings. The topological polar surface area (TPSA) is 110 Å². The van der Waals surface area contributed by atoms with Gasteiger partial charge in [0.1, 0.15) is 5.56 Å². The number of nitro groups is 1. The summed E-state index contributed by atoms with van der Waals surface area (Å²) in [6.07, 6.45) is 2.02. The summed E-state index contributed by atoms with van der Waals surface area (Å²) in [7, 11) is 0. The number of amides is 3. The highest BCUT2D eigenvalue weighted by atomic mass is 35.5. The number of anilines is 1. The van der Waals surface area contributed by atoms with Crippen molar-refractivity contribution in [1.82, 2.24) is 4.90 Å². The van der Waals surface area contributed by atoms with E-state index in [0.29, 0.717) is 36.4 Å². The van der Waals surface area contributed by atoms with Crippen LogP contribution in [-0.4, -0.2) is 34.1 Å². The number of imide groups is 1. The lowest BCUT2D eigenvalue weighted by molar-refractivity contribution is -0.385. The van der Waals surface area contributed by atoms with Crippen molar-refractivity contribution in [3.8, 4) is 0 Å². The molecule has 1 aliphatic heterocycles. The van der Waals surface area contributed by atoms with Gasteiger partial charge in [0.15, 0.2) is 0 Å². The number of nitrogens with zero attached hydrogens (tertiary/aromatic N) is 2. The van der Waals surface area contributed by atoms with Crippen molar-refractivity contribution in [2.24, 2.45) is 0 Å². The fourth-order valence-corrected chi connectivity index (χ4v) is 3.29. The van der Waals surface area contributed by atoms with E-state index in [1.54, 1.807) is 24.3 Å². The highest BCUT2D eigenvalue weighted by Gasteiger charge is 2.40. The zero-order valence-corrected chi connectivity index (χ0v) is 16.1. The van der Waals surface area contributed by atoms with Gasteiger partial charge in [-0.15, -0.1) is 0 Å². The normalized spacial score (nSPS) is 12.8. The maximum Gasteiger partial charge on any atom is 0.282 e. The molecule has 2 aromatic rings. The third-order valence-corrected chi connectivity index (χ3v) is 4.84. The Morgan fingerprint density at radius 3 is 2.45 bits per heavy atom. The van der Waals surface area contributed by atoms with E-state index in [0.717, 1.165) is 4.90 Å². The molecule has 0 spiro atoms. The van der Waals surface area contributed by atoms with Gasteiger partial charge < -0.3 is 5.32 Å². The molecule has 0 atom stereocenters. The summed E-state index contributed by atoms with van der Waals surface area (Å²) in [6, 6.07) is 10.8. The van der Waals surface area contributed by atoms with Crippen molar-refractivity contribution in [3.05, 3.63) is 68.7 Å². The molecular formula is C20H18ClN3O5. The smallest absolute Gasteiger partial charge is 0.282 e. The molecule has 0 unspecified atom stereocenters. The average molecular weight is 416 g/mol. The lowest BCUT2D eigenvalue weighted by atomic mass is 10.1. The number of hydrogen-bond donors (Lipinski definition) is 1. The van der Waals surface area contributed by atoms with Crippen LogP contribution in [0.4, 0.5) is 11.4 Å². The number of carbonyl (C=O) groups excluding carboxylic acids is 3. The molecule has 3 rings (SSSR count). The third kappa shape index (κ3) is 4.60. The SMILES string of the molecule is O=C(CCCCCN1C(=O)c2cccc([N+](=O)[O-])c2C1=O)Nc1ccc(Cl)cc1. The fraction of sp³-hybridized carbons (Fsp3) is 0.250. The maximum atomic E-state index is 12.5. The van der Waals surface area contributed by atoms with E-state index >= 15 is 0 Å². The minimum Gasteiger partial charge on any atom is -0.326 e. The van der Waals surface area contributed by atoms with E-state index in [-0.39, 0.29) is 29.3 Å². The molecule has 0 aromatic heterocycles. The average Bonchev–Trinajstić information content (AvgIpc) is 2.94. The van der Waals surface area contributed by atoms with Gasteiger partial charge in [-0.1, -0.05) is 24.1 Å². The van der Waals surface area contributed by atoms with E-state index < -0.39 is 16.7 Å². The van der Waals surface area contributed by atoms with Crippen LogP contribution in [0.5, 0.6) is 0 Å². The summed E-state index contributed by atoms with van der Waals surface area (Å²) < 4.78 is 0. The molecule has 0 saturated carbocycles. The van der Waals surface area contributed by atoms with Crippen LogP contribution in [-0.2, 0) is 4.79 Å². The molecule has 150 valence electrons. The number of hydrogen-bond acceptors (Lipinski definition) is 5. The summed E-state index contributed by atoms with van der Waals surface area (Å²) in [5.74, 6) is -1.30. The van der Waals surface area contributed by atoms with Gasteiger partial charge in [0.05, 0.1) is 10.5 Å². The number of rotatable bonds is 8. The van der Waals surface area contributed by atoms with Gasteiger partial charge in [-0.3, -0.25) is 29.4 Å². The van der Waals surface area contributed by atoms with Crippen LogP contribution in [0.1, 0.15) is 46.4 Å². The number of unbranched alkanes of at least 4 members (excludes halogenated alkanes) is 2. The van der Waals surface area contributed by atoms with Gasteiger partial charge in [-0.2, -0.15) is 0 Å². The van der Waals surface area contributed by atoms with Crippen molar-refractivity contribution in [2.75, 3.05) is 11.9 Å². The monoisotopic (exact) mass is 415 g/mol. The number of carbonyl (C=O) groups is 3. The molecule has 2 aromatic carbocycles. The van der Waals surface area contributed by atoms with Crippen molar-refractivity contribution in [1.29, 1.82) is 0 Å². The standard InChI is InChI=1S/C20H18ClN3O5/c21-13-8-10-14(11-9-13)22-17(25)7-2-1-3-12-23-19(26)15-5-4-6-16(24(28)29)18(15)20(23)27/h4-6,8-11H,1-3,7,12H2,(H,22,25). The first-order valence-electron chi connectivity index (χ1n) is 9.07. The third-order valence-electron chi connectivity index (χ3n) is 4.59. The quantitative estimate of drug-likeness (QED) is 0.303. The van der Waals surface area contributed by atoms with Crippen LogP contribution >= 0.6 is 11.6 Å². The Labute approximate surface area is 171 Å². The van der Waals surface area contributed by atoms with Crippen LogP contribution in [0, 0.1) is 10.1 Å². The summed E-state index contributed by atoms with van der Waals surface area (Å²) in [4.78, 5) is 48.3. The number of halogens is 1. The zero-order chi connectivity index (χ0) is 21.0. The number of benzene rings is 2. The van der Waals surface area contributed by atoms with E-state index in [9.17, 15) is 24.5 Å². The largest absolute Gasteiger partial charge is 0.326 e. The highest BCUT2D eigenvalue weighted by Crippen LogP contribution is 2.30. The van der Waals surface area contributed by atoms with Gasteiger partial charge in [0.2, 0.25) is 5.91 Å². The van der Waals surface area contributed by atoms with Crippen LogP contribution in [0.15, 0.2) is 42.5 Å². The second kappa shape index (κ2) is 8.83. The molecule has 8 nitrogen and oxygen atoms in total.